The molecule has 0 aliphatic heterocycles. The largest absolute Gasteiger partial charge is 0.494 e. The van der Waals surface area contributed by atoms with Crippen molar-refractivity contribution in [3.05, 3.63) is 49.1 Å². The number of nitro benzene ring substituents is 1. The van der Waals surface area contributed by atoms with Crippen LogP contribution in [0, 0.1) is 10.1 Å². The van der Waals surface area contributed by atoms with Crippen LogP contribution < -0.4 is 10.1 Å². The number of thiophene rings is 1. The van der Waals surface area contributed by atoms with Crippen molar-refractivity contribution in [2.24, 2.45) is 0 Å². The standard InChI is InChI=1S/C13H13BrN2O3S/c1-8(12-5-6-13(14)20-12)15-10-4-3-9(16(17)18)7-11(10)19-2/h3-8,15H,1-2H3. The van der Waals surface area contributed by atoms with E-state index in [1.807, 2.05) is 19.1 Å². The minimum absolute atomic E-state index is 0.0129. The highest BCUT2D eigenvalue weighted by Gasteiger charge is 2.14. The summed E-state index contributed by atoms with van der Waals surface area (Å²) in [5.41, 5.74) is 0.744. The van der Waals surface area contributed by atoms with E-state index in [1.165, 1.54) is 19.2 Å². The number of methoxy groups -OCH3 is 1. The zero-order chi connectivity index (χ0) is 14.7. The normalized spacial score (nSPS) is 11.9. The molecule has 0 bridgehead atoms. The molecule has 1 atom stereocenters. The molecule has 2 rings (SSSR count). The van der Waals surface area contributed by atoms with Crippen LogP contribution >= 0.6 is 27.3 Å². The van der Waals surface area contributed by atoms with E-state index in [1.54, 1.807) is 17.4 Å². The third kappa shape index (κ3) is 3.29. The van der Waals surface area contributed by atoms with E-state index in [2.05, 4.69) is 21.2 Å². The zero-order valence-corrected chi connectivity index (χ0v) is 13.3. The Kier molecular flexibility index (Phi) is 4.61. The van der Waals surface area contributed by atoms with Crippen molar-refractivity contribution in [3.8, 4) is 5.75 Å². The minimum atomic E-state index is -0.438. The number of benzene rings is 1. The molecule has 1 unspecified atom stereocenters. The summed E-state index contributed by atoms with van der Waals surface area (Å²) in [7, 11) is 1.50. The lowest BCUT2D eigenvalue weighted by Crippen LogP contribution is -2.06. The van der Waals surface area contributed by atoms with Gasteiger partial charge in [-0.25, -0.2) is 0 Å². The zero-order valence-electron chi connectivity index (χ0n) is 10.9. The molecule has 106 valence electrons. The van der Waals surface area contributed by atoms with E-state index in [0.29, 0.717) is 5.75 Å². The van der Waals surface area contributed by atoms with E-state index in [4.69, 9.17) is 4.74 Å². The van der Waals surface area contributed by atoms with Crippen molar-refractivity contribution in [3.63, 3.8) is 0 Å². The van der Waals surface area contributed by atoms with Crippen LogP contribution in [0.5, 0.6) is 5.75 Å². The number of nitro groups is 1. The third-order valence-electron chi connectivity index (χ3n) is 2.79. The average molecular weight is 357 g/mol. The van der Waals surface area contributed by atoms with Gasteiger partial charge in [0.05, 0.1) is 33.6 Å². The van der Waals surface area contributed by atoms with E-state index in [0.717, 1.165) is 14.4 Å². The van der Waals surface area contributed by atoms with Gasteiger partial charge in [0.25, 0.3) is 5.69 Å². The lowest BCUT2D eigenvalue weighted by molar-refractivity contribution is -0.384. The van der Waals surface area contributed by atoms with E-state index in [-0.39, 0.29) is 11.7 Å². The smallest absolute Gasteiger partial charge is 0.273 e. The van der Waals surface area contributed by atoms with Crippen molar-refractivity contribution in [1.29, 1.82) is 0 Å². The fourth-order valence-corrected chi connectivity index (χ4v) is 3.20. The molecule has 7 heteroatoms. The first kappa shape index (κ1) is 14.8. The highest BCUT2D eigenvalue weighted by Crippen LogP contribution is 2.34. The van der Waals surface area contributed by atoms with Gasteiger partial charge in [-0.1, -0.05) is 0 Å². The molecule has 5 nitrogen and oxygen atoms in total. The average Bonchev–Trinajstić information content (AvgIpc) is 2.85. The molecule has 1 N–H and O–H groups in total. The molecule has 1 aromatic carbocycles. The number of non-ortho nitro benzene ring substituents is 1. The van der Waals surface area contributed by atoms with Crippen LogP contribution in [0.3, 0.4) is 0 Å². The maximum Gasteiger partial charge on any atom is 0.273 e. The van der Waals surface area contributed by atoms with Crippen molar-refractivity contribution < 1.29 is 9.66 Å². The van der Waals surface area contributed by atoms with Gasteiger partial charge in [-0.15, -0.1) is 11.3 Å². The molecule has 20 heavy (non-hydrogen) atoms. The highest BCUT2D eigenvalue weighted by molar-refractivity contribution is 9.11. The van der Waals surface area contributed by atoms with Crippen LogP contribution in [-0.4, -0.2) is 12.0 Å². The van der Waals surface area contributed by atoms with Gasteiger partial charge in [0, 0.05) is 10.9 Å². The van der Waals surface area contributed by atoms with Gasteiger partial charge in [0.15, 0.2) is 0 Å². The Hall–Kier alpha value is -1.60. The molecule has 1 aromatic heterocycles. The minimum Gasteiger partial charge on any atom is -0.494 e. The number of hydrogen-bond acceptors (Lipinski definition) is 5. The van der Waals surface area contributed by atoms with Crippen LogP contribution in [0.15, 0.2) is 34.1 Å². The van der Waals surface area contributed by atoms with E-state index < -0.39 is 4.92 Å². The second kappa shape index (κ2) is 6.23. The van der Waals surface area contributed by atoms with Gasteiger partial charge in [-0.05, 0) is 41.1 Å². The summed E-state index contributed by atoms with van der Waals surface area (Å²) >= 11 is 5.07. The molecule has 0 saturated heterocycles. The molecule has 0 aliphatic carbocycles. The molecule has 0 fully saturated rings. The summed E-state index contributed by atoms with van der Waals surface area (Å²) in [4.78, 5) is 11.5. The lowest BCUT2D eigenvalue weighted by Gasteiger charge is -2.16. The summed E-state index contributed by atoms with van der Waals surface area (Å²) in [6.45, 7) is 2.03. The molecule has 0 spiro atoms. The van der Waals surface area contributed by atoms with Crippen molar-refractivity contribution in [1.82, 2.24) is 0 Å². The summed E-state index contributed by atoms with van der Waals surface area (Å²) < 4.78 is 6.27. The Labute approximate surface area is 128 Å². The number of ether oxygens (including phenoxy) is 1. The Morgan fingerprint density at radius 1 is 1.40 bits per heavy atom. The number of nitrogens with zero attached hydrogens (tertiary/aromatic N) is 1. The summed E-state index contributed by atoms with van der Waals surface area (Å²) in [5.74, 6) is 0.460. The quantitative estimate of drug-likeness (QED) is 0.627. The van der Waals surface area contributed by atoms with Crippen molar-refractivity contribution in [2.75, 3.05) is 12.4 Å². The summed E-state index contributed by atoms with van der Waals surface area (Å²) in [6.07, 6.45) is 0. The first-order chi connectivity index (χ1) is 9.51. The molecule has 0 radical (unpaired) electrons. The molecule has 0 amide bonds. The van der Waals surface area contributed by atoms with E-state index in [9.17, 15) is 10.1 Å². The molecular formula is C13H13BrN2O3S. The van der Waals surface area contributed by atoms with Crippen LogP contribution in [0.4, 0.5) is 11.4 Å². The molecule has 2 aromatic rings. The van der Waals surface area contributed by atoms with E-state index >= 15 is 0 Å². The topological polar surface area (TPSA) is 64.4 Å². The molecule has 0 saturated carbocycles. The highest BCUT2D eigenvalue weighted by atomic mass is 79.9. The summed E-state index contributed by atoms with van der Waals surface area (Å²) in [5, 5.41) is 14.1. The third-order valence-corrected chi connectivity index (χ3v) is 4.60. The molecule has 0 aliphatic rings. The second-order valence-electron chi connectivity index (χ2n) is 4.15. The SMILES string of the molecule is COc1cc([N+](=O)[O-])ccc1NC(C)c1ccc(Br)s1. The van der Waals surface area contributed by atoms with Gasteiger partial charge >= 0.3 is 0 Å². The van der Waals surface area contributed by atoms with Gasteiger partial charge in [-0.2, -0.15) is 0 Å². The molecular weight excluding hydrogens is 344 g/mol. The first-order valence-electron chi connectivity index (χ1n) is 5.85. The number of nitrogens with one attached hydrogen (secondary N) is 1. The Morgan fingerprint density at radius 2 is 2.15 bits per heavy atom. The second-order valence-corrected chi connectivity index (χ2v) is 6.64. The first-order valence-corrected chi connectivity index (χ1v) is 7.46. The van der Waals surface area contributed by atoms with Crippen LogP contribution in [0.1, 0.15) is 17.8 Å². The maximum absolute atomic E-state index is 10.8. The number of rotatable bonds is 5. The Balaban J connectivity index is 2.22. The van der Waals surface area contributed by atoms with Crippen LogP contribution in [0.2, 0.25) is 0 Å². The number of hydrogen-bond donors (Lipinski definition) is 1. The Morgan fingerprint density at radius 3 is 2.70 bits per heavy atom. The van der Waals surface area contributed by atoms with Gasteiger partial charge in [0.2, 0.25) is 0 Å². The van der Waals surface area contributed by atoms with Gasteiger partial charge < -0.3 is 10.1 Å². The lowest BCUT2D eigenvalue weighted by atomic mass is 10.2. The van der Waals surface area contributed by atoms with Crippen molar-refractivity contribution in [2.45, 2.75) is 13.0 Å². The fraction of sp³-hybridized carbons (Fsp3) is 0.231. The predicted molar refractivity (Wildman–Crippen MR) is 83.7 cm³/mol. The van der Waals surface area contributed by atoms with Crippen molar-refractivity contribution >= 4 is 38.6 Å². The monoisotopic (exact) mass is 356 g/mol. The maximum atomic E-state index is 10.8. The fourth-order valence-electron chi connectivity index (χ4n) is 1.78. The summed E-state index contributed by atoms with van der Waals surface area (Å²) in [6, 6.07) is 8.65. The number of halogens is 1. The molecule has 1 heterocycles. The predicted octanol–water partition coefficient (Wildman–Crippen LogP) is 4.60. The van der Waals surface area contributed by atoms with Gasteiger partial charge in [-0.3, -0.25) is 10.1 Å². The number of anilines is 1. The Bertz CT molecular complexity index is 630. The van der Waals surface area contributed by atoms with Crippen LogP contribution in [0.25, 0.3) is 0 Å². The van der Waals surface area contributed by atoms with Gasteiger partial charge in [0.1, 0.15) is 5.75 Å². The van der Waals surface area contributed by atoms with Crippen LogP contribution in [-0.2, 0) is 0 Å².